The van der Waals surface area contributed by atoms with Crippen molar-refractivity contribution in [3.8, 4) is 34.5 Å². The fourth-order valence-electron chi connectivity index (χ4n) is 3.85. The highest BCUT2D eigenvalue weighted by Crippen LogP contribution is 2.52. The average molecular weight is 591 g/mol. The Morgan fingerprint density at radius 2 is 1.50 bits per heavy atom. The van der Waals surface area contributed by atoms with Crippen LogP contribution in [-0.4, -0.2) is 47.4 Å². The lowest BCUT2D eigenvalue weighted by atomic mass is 10.0. The Morgan fingerprint density at radius 3 is 2.10 bits per heavy atom. The number of ether oxygens (including phenoxy) is 4. The lowest BCUT2D eigenvalue weighted by Gasteiger charge is -2.17. The van der Waals surface area contributed by atoms with Crippen LogP contribution < -0.4 is 14.2 Å². The second kappa shape index (κ2) is 12.2. The molecule has 210 valence electrons. The first-order valence-electron chi connectivity index (χ1n) is 11.4. The number of carbonyl (C=O) groups is 3. The van der Waals surface area contributed by atoms with Gasteiger partial charge in [-0.3, -0.25) is 0 Å². The summed E-state index contributed by atoms with van der Waals surface area (Å²) in [7, 11) is 2.71. The van der Waals surface area contributed by atoms with E-state index in [2.05, 4.69) is 0 Å². The first-order chi connectivity index (χ1) is 18.8. The molecule has 12 heteroatoms. The van der Waals surface area contributed by atoms with Gasteiger partial charge in [0.05, 0.1) is 19.2 Å². The van der Waals surface area contributed by atoms with Gasteiger partial charge in [0.25, 0.3) is 0 Å². The summed E-state index contributed by atoms with van der Waals surface area (Å²) in [5.74, 6) is -3.04. The predicted molar refractivity (Wildman–Crippen MR) is 146 cm³/mol. The number of aromatic hydroxyl groups is 2. The summed E-state index contributed by atoms with van der Waals surface area (Å²) in [5, 5.41) is 28.5. The zero-order valence-corrected chi connectivity index (χ0v) is 23.4. The molecule has 0 spiro atoms. The first kappa shape index (κ1) is 30.1. The number of carboxylic acids is 1. The number of halogens is 2. The van der Waals surface area contributed by atoms with Gasteiger partial charge in [-0.05, 0) is 38.5 Å². The van der Waals surface area contributed by atoms with Crippen molar-refractivity contribution in [2.45, 2.75) is 20.8 Å². The molecule has 3 aromatic rings. The summed E-state index contributed by atoms with van der Waals surface area (Å²) in [6.45, 7) is 4.43. The quantitative estimate of drug-likeness (QED) is 0.181. The molecule has 0 bridgehead atoms. The molecule has 0 amide bonds. The van der Waals surface area contributed by atoms with Crippen molar-refractivity contribution >= 4 is 47.2 Å². The van der Waals surface area contributed by atoms with Crippen molar-refractivity contribution in [2.75, 3.05) is 14.2 Å². The van der Waals surface area contributed by atoms with E-state index in [1.54, 1.807) is 19.2 Å². The molecule has 10 nitrogen and oxygen atoms in total. The number of phenols is 2. The number of benzene rings is 3. The molecular formula is C28H24Cl2O10. The van der Waals surface area contributed by atoms with Gasteiger partial charge in [0.1, 0.15) is 27.6 Å². The molecular weight excluding hydrogens is 567 g/mol. The molecule has 3 N–H and O–H groups in total. The fourth-order valence-corrected chi connectivity index (χ4v) is 4.31. The van der Waals surface area contributed by atoms with Gasteiger partial charge in [-0.2, -0.15) is 0 Å². The summed E-state index contributed by atoms with van der Waals surface area (Å²) in [6.07, 6.45) is 2.58. The summed E-state index contributed by atoms with van der Waals surface area (Å²) in [4.78, 5) is 35.0. The van der Waals surface area contributed by atoms with E-state index in [1.165, 1.54) is 34.0 Å². The third kappa shape index (κ3) is 5.63. The highest BCUT2D eigenvalue weighted by atomic mass is 35.5. The van der Waals surface area contributed by atoms with Gasteiger partial charge < -0.3 is 34.3 Å². The second-order valence-corrected chi connectivity index (χ2v) is 9.09. The molecule has 1 aliphatic rings. The van der Waals surface area contributed by atoms with Crippen LogP contribution in [0.3, 0.4) is 0 Å². The molecule has 0 saturated heterocycles. The SMILES string of the molecule is COC(=O)c1c(C)c2c(c(C)c1O)OC(=O)c1c(C)c(Cl)c(O)c(Cl)c1O2.COc1ccccc1C=CC(=O)O. The van der Waals surface area contributed by atoms with Crippen molar-refractivity contribution in [2.24, 2.45) is 0 Å². The van der Waals surface area contributed by atoms with Gasteiger partial charge in [-0.25, -0.2) is 14.4 Å². The minimum atomic E-state index is -0.967. The van der Waals surface area contributed by atoms with E-state index < -0.39 is 29.4 Å². The molecule has 0 aromatic heterocycles. The van der Waals surface area contributed by atoms with Crippen molar-refractivity contribution in [1.29, 1.82) is 0 Å². The Morgan fingerprint density at radius 1 is 0.875 bits per heavy atom. The second-order valence-electron chi connectivity index (χ2n) is 8.33. The number of carbonyl (C=O) groups excluding carboxylic acids is 2. The fraction of sp³-hybridized carbons (Fsp3) is 0.179. The predicted octanol–water partition coefficient (Wildman–Crippen LogP) is 6.23. The molecule has 0 aliphatic carbocycles. The molecule has 0 radical (unpaired) electrons. The number of rotatable bonds is 4. The number of hydrogen-bond acceptors (Lipinski definition) is 9. The number of fused-ring (bicyclic) bond motifs is 2. The van der Waals surface area contributed by atoms with Gasteiger partial charge in [0, 0.05) is 22.8 Å². The first-order valence-corrected chi connectivity index (χ1v) is 12.2. The number of esters is 2. The van der Waals surface area contributed by atoms with Crippen LogP contribution in [-0.2, 0) is 9.53 Å². The maximum Gasteiger partial charge on any atom is 0.347 e. The van der Waals surface area contributed by atoms with Crippen molar-refractivity contribution in [3.05, 3.63) is 73.8 Å². The van der Waals surface area contributed by atoms with Gasteiger partial charge in [-0.15, -0.1) is 0 Å². The maximum absolute atomic E-state index is 12.7. The van der Waals surface area contributed by atoms with Crippen LogP contribution >= 0.6 is 23.2 Å². The maximum atomic E-state index is 12.7. The number of hydrogen-bond donors (Lipinski definition) is 3. The number of methoxy groups -OCH3 is 2. The summed E-state index contributed by atoms with van der Waals surface area (Å²) in [5.41, 5.74) is 1.02. The van der Waals surface area contributed by atoms with E-state index >= 15 is 0 Å². The van der Waals surface area contributed by atoms with E-state index in [4.69, 9.17) is 47.3 Å². The van der Waals surface area contributed by atoms with E-state index in [9.17, 15) is 24.6 Å². The van der Waals surface area contributed by atoms with Gasteiger partial charge in [-0.1, -0.05) is 41.4 Å². The average Bonchev–Trinajstić information content (AvgIpc) is 3.09. The van der Waals surface area contributed by atoms with Crippen molar-refractivity contribution in [3.63, 3.8) is 0 Å². The molecule has 1 aliphatic heterocycles. The minimum absolute atomic E-state index is 0.0131. The molecule has 4 rings (SSSR count). The molecule has 0 fully saturated rings. The van der Waals surface area contributed by atoms with Gasteiger partial charge >= 0.3 is 17.9 Å². The molecule has 0 saturated carbocycles. The largest absolute Gasteiger partial charge is 0.507 e. The number of phenolic OH excluding ortho intramolecular Hbond substituents is 2. The Kier molecular flexibility index (Phi) is 9.18. The zero-order chi connectivity index (χ0) is 29.9. The molecule has 0 atom stereocenters. The standard InChI is InChI=1S/C18H14Cl2O7.C10H10O3/c1-5-9-16(11(20)13(22)10(5)19)26-14-6(2)8(17(23)25-4)12(21)7(3)15(14)27-18(9)24;1-13-9-5-3-2-4-8(9)6-7-10(11)12/h21-22H,1-4H3;2-7H,1H3,(H,11,12). The molecule has 0 unspecified atom stereocenters. The minimum Gasteiger partial charge on any atom is -0.507 e. The Balaban J connectivity index is 0.000000285. The zero-order valence-electron chi connectivity index (χ0n) is 21.9. The molecule has 1 heterocycles. The molecule has 3 aromatic carbocycles. The summed E-state index contributed by atoms with van der Waals surface area (Å²) in [6, 6.07) is 7.22. The van der Waals surface area contributed by atoms with Crippen LogP contribution in [0.2, 0.25) is 10.0 Å². The van der Waals surface area contributed by atoms with Crippen molar-refractivity contribution < 1.29 is 48.7 Å². The van der Waals surface area contributed by atoms with Gasteiger partial charge in [0.2, 0.25) is 0 Å². The van der Waals surface area contributed by atoms with E-state index in [1.807, 2.05) is 12.1 Å². The topological polar surface area (TPSA) is 149 Å². The normalized spacial score (nSPS) is 11.7. The number of carboxylic acid groups (broad SMARTS) is 1. The monoisotopic (exact) mass is 590 g/mol. The Labute approximate surface area is 238 Å². The lowest BCUT2D eigenvalue weighted by Crippen LogP contribution is -2.11. The van der Waals surface area contributed by atoms with Crippen LogP contribution in [0.15, 0.2) is 30.3 Å². The third-order valence-corrected chi connectivity index (χ3v) is 6.75. The van der Waals surface area contributed by atoms with Crippen LogP contribution in [0.4, 0.5) is 0 Å². The van der Waals surface area contributed by atoms with E-state index in [-0.39, 0.29) is 55.1 Å². The van der Waals surface area contributed by atoms with Crippen molar-refractivity contribution in [1.82, 2.24) is 0 Å². The Bertz CT molecular complexity index is 1560. The number of aliphatic carboxylic acids is 1. The van der Waals surface area contributed by atoms with Crippen LogP contribution in [0.25, 0.3) is 6.08 Å². The summed E-state index contributed by atoms with van der Waals surface area (Å²) >= 11 is 12.2. The van der Waals surface area contributed by atoms with E-state index in [0.29, 0.717) is 5.75 Å². The lowest BCUT2D eigenvalue weighted by molar-refractivity contribution is -0.131. The van der Waals surface area contributed by atoms with Crippen LogP contribution in [0.5, 0.6) is 34.5 Å². The van der Waals surface area contributed by atoms with Gasteiger partial charge in [0.15, 0.2) is 23.0 Å². The third-order valence-electron chi connectivity index (χ3n) is 5.94. The highest BCUT2D eigenvalue weighted by Gasteiger charge is 2.35. The summed E-state index contributed by atoms with van der Waals surface area (Å²) < 4.78 is 20.9. The van der Waals surface area contributed by atoms with Crippen LogP contribution in [0.1, 0.15) is 43.0 Å². The van der Waals surface area contributed by atoms with E-state index in [0.717, 1.165) is 11.6 Å². The molecule has 40 heavy (non-hydrogen) atoms. The highest BCUT2D eigenvalue weighted by molar-refractivity contribution is 6.39. The smallest absolute Gasteiger partial charge is 0.347 e. The number of para-hydroxylation sites is 1. The van der Waals surface area contributed by atoms with Crippen LogP contribution in [0, 0.1) is 20.8 Å². The Hall–Kier alpha value is -4.41.